The summed E-state index contributed by atoms with van der Waals surface area (Å²) < 4.78 is 33.9. The van der Waals surface area contributed by atoms with Crippen molar-refractivity contribution in [2.24, 2.45) is 0 Å². The number of halogens is 2. The average Bonchev–Trinajstić information content (AvgIpc) is 3.33. The van der Waals surface area contributed by atoms with Crippen molar-refractivity contribution in [2.75, 3.05) is 6.54 Å². The Kier molecular flexibility index (Phi) is 5.79. The van der Waals surface area contributed by atoms with Gasteiger partial charge in [0.25, 0.3) is 0 Å². The van der Waals surface area contributed by atoms with Gasteiger partial charge in [0.15, 0.2) is 0 Å². The normalized spacial score (nSPS) is 12.4. The monoisotopic (exact) mass is 424 g/mol. The van der Waals surface area contributed by atoms with Crippen LogP contribution in [0.5, 0.6) is 0 Å². The Morgan fingerprint density at radius 3 is 2.55 bits per heavy atom. The van der Waals surface area contributed by atoms with Crippen molar-refractivity contribution in [3.05, 3.63) is 71.9 Å². The van der Waals surface area contributed by atoms with Crippen molar-refractivity contribution in [3.63, 3.8) is 0 Å². The zero-order valence-corrected chi connectivity index (χ0v) is 17.2. The Labute approximate surface area is 177 Å². The summed E-state index contributed by atoms with van der Waals surface area (Å²) in [6.07, 6.45) is 0.0418. The van der Waals surface area contributed by atoms with Crippen LogP contribution in [-0.4, -0.2) is 27.0 Å². The SMILES string of the molecule is Cc1oc(-c2ccccc2)nc1CC(=O)NC[C@@H](C)c1nc2ccccc2n1C(F)F. The van der Waals surface area contributed by atoms with Crippen molar-refractivity contribution >= 4 is 16.9 Å². The lowest BCUT2D eigenvalue weighted by Crippen LogP contribution is -2.30. The second-order valence-corrected chi connectivity index (χ2v) is 7.38. The maximum absolute atomic E-state index is 13.6. The molecule has 31 heavy (non-hydrogen) atoms. The highest BCUT2D eigenvalue weighted by molar-refractivity contribution is 5.79. The lowest BCUT2D eigenvalue weighted by Gasteiger charge is -2.14. The Bertz CT molecular complexity index is 1200. The summed E-state index contributed by atoms with van der Waals surface area (Å²) in [5, 5.41) is 2.80. The second kappa shape index (κ2) is 8.67. The zero-order chi connectivity index (χ0) is 22.0. The summed E-state index contributed by atoms with van der Waals surface area (Å²) >= 11 is 0. The number of oxazole rings is 1. The van der Waals surface area contributed by atoms with Gasteiger partial charge < -0.3 is 9.73 Å². The van der Waals surface area contributed by atoms with Crippen molar-refractivity contribution in [1.82, 2.24) is 19.9 Å². The molecular formula is C23H22F2N4O2. The lowest BCUT2D eigenvalue weighted by molar-refractivity contribution is -0.120. The quantitative estimate of drug-likeness (QED) is 0.460. The summed E-state index contributed by atoms with van der Waals surface area (Å²) in [5.41, 5.74) is 2.25. The molecule has 4 rings (SSSR count). The number of alkyl halides is 2. The molecule has 0 fully saturated rings. The molecule has 0 radical (unpaired) electrons. The Balaban J connectivity index is 1.43. The number of benzene rings is 2. The molecule has 8 heteroatoms. The highest BCUT2D eigenvalue weighted by atomic mass is 19.3. The molecule has 1 N–H and O–H groups in total. The van der Waals surface area contributed by atoms with E-state index < -0.39 is 12.5 Å². The molecule has 6 nitrogen and oxygen atoms in total. The van der Waals surface area contributed by atoms with E-state index >= 15 is 0 Å². The first-order valence-electron chi connectivity index (χ1n) is 9.97. The van der Waals surface area contributed by atoms with Crippen LogP contribution >= 0.6 is 0 Å². The Morgan fingerprint density at radius 2 is 1.81 bits per heavy atom. The molecule has 2 aromatic heterocycles. The largest absolute Gasteiger partial charge is 0.441 e. The van der Waals surface area contributed by atoms with E-state index in [1.165, 1.54) is 0 Å². The maximum atomic E-state index is 13.6. The smallest absolute Gasteiger partial charge is 0.320 e. The predicted molar refractivity (Wildman–Crippen MR) is 113 cm³/mol. The van der Waals surface area contributed by atoms with Gasteiger partial charge in [-0.25, -0.2) is 9.97 Å². The van der Waals surface area contributed by atoms with Crippen LogP contribution in [0.1, 0.15) is 36.7 Å². The van der Waals surface area contributed by atoms with Crippen LogP contribution in [0.4, 0.5) is 8.78 Å². The van der Waals surface area contributed by atoms with Crippen molar-refractivity contribution in [3.8, 4) is 11.5 Å². The molecule has 0 spiro atoms. The zero-order valence-electron chi connectivity index (χ0n) is 17.2. The van der Waals surface area contributed by atoms with Gasteiger partial charge in [0.2, 0.25) is 11.8 Å². The third-order valence-electron chi connectivity index (χ3n) is 5.11. The number of carbonyl (C=O) groups is 1. The van der Waals surface area contributed by atoms with Gasteiger partial charge in [-0.05, 0) is 31.2 Å². The number of nitrogens with one attached hydrogen (secondary N) is 1. The van der Waals surface area contributed by atoms with Crippen molar-refractivity contribution < 1.29 is 18.0 Å². The number of aromatic nitrogens is 3. The van der Waals surface area contributed by atoms with Gasteiger partial charge in [-0.15, -0.1) is 0 Å². The number of aryl methyl sites for hydroxylation is 1. The van der Waals surface area contributed by atoms with Gasteiger partial charge in [-0.1, -0.05) is 37.3 Å². The van der Waals surface area contributed by atoms with Crippen LogP contribution in [0.2, 0.25) is 0 Å². The highest BCUT2D eigenvalue weighted by Crippen LogP contribution is 2.27. The highest BCUT2D eigenvalue weighted by Gasteiger charge is 2.22. The van der Waals surface area contributed by atoms with Gasteiger partial charge >= 0.3 is 6.55 Å². The van der Waals surface area contributed by atoms with Crippen LogP contribution in [0.25, 0.3) is 22.5 Å². The number of nitrogens with zero attached hydrogens (tertiary/aromatic N) is 3. The molecule has 0 aliphatic carbocycles. The predicted octanol–water partition coefficient (Wildman–Crippen LogP) is 4.86. The molecule has 0 aliphatic rings. The number of rotatable bonds is 7. The van der Waals surface area contributed by atoms with E-state index in [1.54, 1.807) is 38.1 Å². The van der Waals surface area contributed by atoms with Gasteiger partial charge in [0, 0.05) is 18.0 Å². The molecule has 0 saturated heterocycles. The Hall–Kier alpha value is -3.55. The minimum atomic E-state index is -2.71. The van der Waals surface area contributed by atoms with Crippen LogP contribution in [0, 0.1) is 6.92 Å². The van der Waals surface area contributed by atoms with Gasteiger partial charge in [-0.2, -0.15) is 8.78 Å². The summed E-state index contributed by atoms with van der Waals surface area (Å²) in [4.78, 5) is 21.2. The van der Waals surface area contributed by atoms with E-state index in [2.05, 4.69) is 15.3 Å². The van der Waals surface area contributed by atoms with Gasteiger partial charge in [-0.3, -0.25) is 9.36 Å². The molecule has 4 aromatic rings. The number of amides is 1. The maximum Gasteiger partial charge on any atom is 0.320 e. The molecule has 0 bridgehead atoms. The molecule has 1 atom stereocenters. The lowest BCUT2D eigenvalue weighted by atomic mass is 10.1. The van der Waals surface area contributed by atoms with Crippen LogP contribution in [0.3, 0.4) is 0 Å². The van der Waals surface area contributed by atoms with Crippen molar-refractivity contribution in [2.45, 2.75) is 32.7 Å². The summed E-state index contributed by atoms with van der Waals surface area (Å²) in [6.45, 7) is 0.983. The van der Waals surface area contributed by atoms with Crippen LogP contribution in [0.15, 0.2) is 59.0 Å². The molecule has 0 aliphatic heterocycles. The van der Waals surface area contributed by atoms with Crippen LogP contribution < -0.4 is 5.32 Å². The molecule has 2 aromatic carbocycles. The molecule has 0 unspecified atom stereocenters. The van der Waals surface area contributed by atoms with Crippen LogP contribution in [-0.2, 0) is 11.2 Å². The standard InChI is InChI=1S/C23H22F2N4O2/c1-14(21-27-17-10-6-7-11-19(17)29(21)23(24)25)13-26-20(30)12-18-15(2)31-22(28-18)16-8-4-3-5-9-16/h3-11,14,23H,12-13H2,1-2H3,(H,26,30)/t14-/m1/s1. The van der Waals surface area contributed by atoms with E-state index in [4.69, 9.17) is 4.42 Å². The fourth-order valence-corrected chi connectivity index (χ4v) is 3.48. The number of para-hydroxylation sites is 2. The van der Waals surface area contributed by atoms with E-state index in [0.29, 0.717) is 28.4 Å². The fourth-order valence-electron chi connectivity index (χ4n) is 3.48. The summed E-state index contributed by atoms with van der Waals surface area (Å²) in [6, 6.07) is 16.2. The first-order valence-corrected chi connectivity index (χ1v) is 9.97. The third kappa shape index (κ3) is 4.33. The molecule has 1 amide bonds. The van der Waals surface area contributed by atoms with Gasteiger partial charge in [0.05, 0.1) is 23.1 Å². The minimum Gasteiger partial charge on any atom is -0.441 e. The Morgan fingerprint density at radius 1 is 1.10 bits per heavy atom. The third-order valence-corrected chi connectivity index (χ3v) is 5.11. The molecule has 0 saturated carbocycles. The van der Waals surface area contributed by atoms with Gasteiger partial charge in [0.1, 0.15) is 11.6 Å². The molecule has 2 heterocycles. The van der Waals surface area contributed by atoms with E-state index in [9.17, 15) is 13.6 Å². The fraction of sp³-hybridized carbons (Fsp3) is 0.261. The first-order chi connectivity index (χ1) is 14.9. The topological polar surface area (TPSA) is 73.0 Å². The number of carbonyl (C=O) groups excluding carboxylic acids is 1. The number of imidazole rings is 1. The molecule has 160 valence electrons. The molecular weight excluding hydrogens is 402 g/mol. The number of hydrogen-bond donors (Lipinski definition) is 1. The average molecular weight is 424 g/mol. The summed E-state index contributed by atoms with van der Waals surface area (Å²) in [5.74, 6) is 0.605. The minimum absolute atomic E-state index is 0.0418. The van der Waals surface area contributed by atoms with E-state index in [0.717, 1.165) is 10.1 Å². The van der Waals surface area contributed by atoms with E-state index in [-0.39, 0.29) is 24.7 Å². The van der Waals surface area contributed by atoms with Crippen molar-refractivity contribution in [1.29, 1.82) is 0 Å². The first kappa shape index (κ1) is 20.7. The second-order valence-electron chi connectivity index (χ2n) is 7.38. The number of fused-ring (bicyclic) bond motifs is 1. The number of hydrogen-bond acceptors (Lipinski definition) is 4. The van der Waals surface area contributed by atoms with E-state index in [1.807, 2.05) is 30.3 Å². The summed E-state index contributed by atoms with van der Waals surface area (Å²) in [7, 11) is 0.